The lowest BCUT2D eigenvalue weighted by molar-refractivity contribution is 0.00799. The Labute approximate surface area is 129 Å². The summed E-state index contributed by atoms with van der Waals surface area (Å²) in [4.78, 5) is 0. The first-order valence-electron chi connectivity index (χ1n) is 8.09. The number of nitrogens with one attached hydrogen (secondary N) is 1. The lowest BCUT2D eigenvalue weighted by Crippen LogP contribution is -2.20. The van der Waals surface area contributed by atoms with E-state index in [1.165, 1.54) is 31.2 Å². The highest BCUT2D eigenvalue weighted by atomic mass is 16.5. The summed E-state index contributed by atoms with van der Waals surface area (Å²) < 4.78 is 11.6. The zero-order chi connectivity index (χ0) is 15.2. The molecule has 1 N–H and O–H groups in total. The van der Waals surface area contributed by atoms with Gasteiger partial charge in [-0.3, -0.25) is 0 Å². The molecule has 1 saturated carbocycles. The molecule has 0 amide bonds. The Hall–Kier alpha value is -1.06. The fourth-order valence-electron chi connectivity index (χ4n) is 2.95. The van der Waals surface area contributed by atoms with Gasteiger partial charge in [-0.05, 0) is 63.3 Å². The van der Waals surface area contributed by atoms with Crippen LogP contribution in [0.4, 0.5) is 0 Å². The zero-order valence-corrected chi connectivity index (χ0v) is 13.8. The van der Waals surface area contributed by atoms with Crippen LogP contribution in [-0.2, 0) is 11.3 Å². The average molecular weight is 291 g/mol. The Morgan fingerprint density at radius 2 is 1.95 bits per heavy atom. The third-order valence-electron chi connectivity index (χ3n) is 4.67. The minimum absolute atomic E-state index is 0.338. The Kier molecular flexibility index (Phi) is 6.07. The molecule has 118 valence electrons. The molecule has 1 aromatic carbocycles. The minimum Gasteiger partial charge on any atom is -0.496 e. The van der Waals surface area contributed by atoms with Crippen LogP contribution in [0.1, 0.15) is 56.7 Å². The Morgan fingerprint density at radius 3 is 2.57 bits per heavy atom. The van der Waals surface area contributed by atoms with Crippen LogP contribution in [0.5, 0.6) is 5.75 Å². The molecule has 0 heterocycles. The van der Waals surface area contributed by atoms with E-state index >= 15 is 0 Å². The van der Waals surface area contributed by atoms with Crippen molar-refractivity contribution in [3.63, 3.8) is 0 Å². The van der Waals surface area contributed by atoms with Crippen LogP contribution in [0.15, 0.2) is 18.2 Å². The van der Waals surface area contributed by atoms with Crippen molar-refractivity contribution in [2.75, 3.05) is 14.2 Å². The van der Waals surface area contributed by atoms with Gasteiger partial charge >= 0.3 is 0 Å². The number of methoxy groups -OCH3 is 1. The summed E-state index contributed by atoms with van der Waals surface area (Å²) in [5.74, 6) is 1.78. The molecule has 0 bridgehead atoms. The standard InChI is InChI=1S/C18H29NO2/c1-13-5-8-17(9-6-13)21-12-16-11-15(14(2)19-3)7-10-18(16)20-4/h7,10-11,13-14,17,19H,5-6,8-9,12H2,1-4H3. The molecule has 1 aliphatic rings. The van der Waals surface area contributed by atoms with Gasteiger partial charge in [0.05, 0.1) is 19.8 Å². The molecule has 0 aromatic heterocycles. The summed E-state index contributed by atoms with van der Waals surface area (Å²) in [6.45, 7) is 5.14. The normalized spacial score (nSPS) is 23.8. The van der Waals surface area contributed by atoms with Crippen molar-refractivity contribution in [1.82, 2.24) is 5.32 Å². The third-order valence-corrected chi connectivity index (χ3v) is 4.67. The van der Waals surface area contributed by atoms with E-state index in [0.29, 0.717) is 18.8 Å². The van der Waals surface area contributed by atoms with Gasteiger partial charge < -0.3 is 14.8 Å². The second-order valence-electron chi connectivity index (χ2n) is 6.27. The number of rotatable bonds is 6. The van der Waals surface area contributed by atoms with Crippen molar-refractivity contribution < 1.29 is 9.47 Å². The predicted octanol–water partition coefficient (Wildman–Crippen LogP) is 4.07. The summed E-state index contributed by atoms with van der Waals surface area (Å²) in [6.07, 6.45) is 5.37. The first-order valence-corrected chi connectivity index (χ1v) is 8.09. The first kappa shape index (κ1) is 16.3. The van der Waals surface area contributed by atoms with E-state index in [-0.39, 0.29) is 0 Å². The molecule has 1 aliphatic carbocycles. The van der Waals surface area contributed by atoms with Gasteiger partial charge in [-0.2, -0.15) is 0 Å². The van der Waals surface area contributed by atoms with Crippen molar-refractivity contribution in [1.29, 1.82) is 0 Å². The highest BCUT2D eigenvalue weighted by molar-refractivity contribution is 5.38. The molecular weight excluding hydrogens is 262 g/mol. The second kappa shape index (κ2) is 7.81. The fraction of sp³-hybridized carbons (Fsp3) is 0.667. The topological polar surface area (TPSA) is 30.5 Å². The number of hydrogen-bond donors (Lipinski definition) is 1. The second-order valence-corrected chi connectivity index (χ2v) is 6.27. The van der Waals surface area contributed by atoms with E-state index in [1.54, 1.807) is 7.11 Å². The van der Waals surface area contributed by atoms with Crippen LogP contribution in [0.2, 0.25) is 0 Å². The number of benzene rings is 1. The number of ether oxygens (including phenoxy) is 2. The summed E-state index contributed by atoms with van der Waals surface area (Å²) in [5.41, 5.74) is 2.42. The maximum Gasteiger partial charge on any atom is 0.124 e. The van der Waals surface area contributed by atoms with Gasteiger partial charge in [-0.15, -0.1) is 0 Å². The monoisotopic (exact) mass is 291 g/mol. The van der Waals surface area contributed by atoms with E-state index in [4.69, 9.17) is 9.47 Å². The Bertz CT molecular complexity index is 439. The third kappa shape index (κ3) is 4.45. The molecule has 0 saturated heterocycles. The van der Waals surface area contributed by atoms with Crippen molar-refractivity contribution in [3.8, 4) is 5.75 Å². The van der Waals surface area contributed by atoms with Crippen molar-refractivity contribution >= 4 is 0 Å². The van der Waals surface area contributed by atoms with Crippen molar-refractivity contribution in [2.24, 2.45) is 5.92 Å². The van der Waals surface area contributed by atoms with Crippen LogP contribution >= 0.6 is 0 Å². The van der Waals surface area contributed by atoms with E-state index in [9.17, 15) is 0 Å². The quantitative estimate of drug-likeness (QED) is 0.857. The largest absolute Gasteiger partial charge is 0.496 e. The first-order chi connectivity index (χ1) is 10.1. The Morgan fingerprint density at radius 1 is 1.24 bits per heavy atom. The highest BCUT2D eigenvalue weighted by Crippen LogP contribution is 2.28. The zero-order valence-electron chi connectivity index (χ0n) is 13.8. The molecule has 0 radical (unpaired) electrons. The lowest BCUT2D eigenvalue weighted by atomic mass is 9.89. The summed E-state index contributed by atoms with van der Waals surface area (Å²) in [7, 11) is 3.70. The van der Waals surface area contributed by atoms with Crippen LogP contribution in [-0.4, -0.2) is 20.3 Å². The van der Waals surface area contributed by atoms with Gasteiger partial charge in [-0.1, -0.05) is 13.0 Å². The van der Waals surface area contributed by atoms with Gasteiger partial charge in [0.2, 0.25) is 0 Å². The van der Waals surface area contributed by atoms with Gasteiger partial charge in [-0.25, -0.2) is 0 Å². The van der Waals surface area contributed by atoms with E-state index in [0.717, 1.165) is 17.2 Å². The number of hydrogen-bond acceptors (Lipinski definition) is 3. The molecule has 1 aromatic rings. The van der Waals surface area contributed by atoms with Crippen molar-refractivity contribution in [3.05, 3.63) is 29.3 Å². The molecule has 21 heavy (non-hydrogen) atoms. The van der Waals surface area contributed by atoms with Crippen LogP contribution in [0.3, 0.4) is 0 Å². The average Bonchev–Trinajstić information content (AvgIpc) is 2.53. The summed E-state index contributed by atoms with van der Waals surface area (Å²) >= 11 is 0. The molecule has 1 atom stereocenters. The van der Waals surface area contributed by atoms with E-state index in [2.05, 4.69) is 31.3 Å². The van der Waals surface area contributed by atoms with Gasteiger partial charge in [0.1, 0.15) is 5.75 Å². The predicted molar refractivity (Wildman–Crippen MR) is 86.7 cm³/mol. The molecular formula is C18H29NO2. The van der Waals surface area contributed by atoms with Crippen LogP contribution < -0.4 is 10.1 Å². The SMILES string of the molecule is CNC(C)c1ccc(OC)c(COC2CCC(C)CC2)c1. The van der Waals surface area contributed by atoms with Crippen LogP contribution in [0.25, 0.3) is 0 Å². The molecule has 1 unspecified atom stereocenters. The molecule has 3 nitrogen and oxygen atoms in total. The molecule has 0 spiro atoms. The maximum atomic E-state index is 6.13. The van der Waals surface area contributed by atoms with E-state index in [1.807, 2.05) is 13.1 Å². The lowest BCUT2D eigenvalue weighted by Gasteiger charge is -2.26. The summed E-state index contributed by atoms with van der Waals surface area (Å²) in [6, 6.07) is 6.70. The highest BCUT2D eigenvalue weighted by Gasteiger charge is 2.19. The summed E-state index contributed by atoms with van der Waals surface area (Å²) in [5, 5.41) is 3.27. The van der Waals surface area contributed by atoms with Gasteiger partial charge in [0.15, 0.2) is 0 Å². The smallest absolute Gasteiger partial charge is 0.124 e. The Balaban J connectivity index is 2.00. The minimum atomic E-state index is 0.338. The molecule has 0 aliphatic heterocycles. The molecule has 2 rings (SSSR count). The molecule has 1 fully saturated rings. The fourth-order valence-corrected chi connectivity index (χ4v) is 2.95. The maximum absolute atomic E-state index is 6.13. The molecule has 3 heteroatoms. The van der Waals surface area contributed by atoms with Crippen molar-refractivity contribution in [2.45, 2.75) is 58.3 Å². The van der Waals surface area contributed by atoms with Crippen LogP contribution in [0, 0.1) is 5.92 Å². The van der Waals surface area contributed by atoms with Gasteiger partial charge in [0, 0.05) is 11.6 Å². The van der Waals surface area contributed by atoms with E-state index < -0.39 is 0 Å². The van der Waals surface area contributed by atoms with Gasteiger partial charge in [0.25, 0.3) is 0 Å².